The second kappa shape index (κ2) is 8.00. The molecule has 3 nitrogen and oxygen atoms in total. The van der Waals surface area contributed by atoms with Crippen molar-refractivity contribution >= 4 is 17.3 Å². The van der Waals surface area contributed by atoms with Crippen LogP contribution in [-0.2, 0) is 4.74 Å². The van der Waals surface area contributed by atoms with Crippen LogP contribution in [0.4, 0.5) is 0 Å². The van der Waals surface area contributed by atoms with Gasteiger partial charge in [0.15, 0.2) is 5.11 Å². The van der Waals surface area contributed by atoms with Crippen LogP contribution in [0, 0.1) is 0 Å². The largest absolute Gasteiger partial charge is 0.383 e. The van der Waals surface area contributed by atoms with Crippen LogP contribution in [0.2, 0.25) is 0 Å². The van der Waals surface area contributed by atoms with Crippen molar-refractivity contribution in [3.63, 3.8) is 0 Å². The number of hydrogen-bond donors (Lipinski definition) is 1. The second-order valence-electron chi connectivity index (χ2n) is 3.39. The predicted molar refractivity (Wildman–Crippen MR) is 64.6 cm³/mol. The van der Waals surface area contributed by atoms with E-state index in [0.29, 0.717) is 6.61 Å². The zero-order valence-electron chi connectivity index (χ0n) is 9.67. The number of hydrogen-bond acceptors (Lipinski definition) is 2. The Morgan fingerprint density at radius 2 is 2.14 bits per heavy atom. The smallest absolute Gasteiger partial charge is 0.169 e. The minimum Gasteiger partial charge on any atom is -0.383 e. The van der Waals surface area contributed by atoms with Crippen molar-refractivity contribution < 1.29 is 4.74 Å². The molecule has 0 saturated heterocycles. The van der Waals surface area contributed by atoms with E-state index in [4.69, 9.17) is 17.0 Å². The zero-order chi connectivity index (χ0) is 11.0. The molecule has 0 aliphatic heterocycles. The first-order valence-corrected chi connectivity index (χ1v) is 5.60. The number of rotatable bonds is 6. The highest BCUT2D eigenvalue weighted by Gasteiger charge is 2.08. The van der Waals surface area contributed by atoms with Crippen molar-refractivity contribution in [2.24, 2.45) is 0 Å². The van der Waals surface area contributed by atoms with Crippen LogP contribution in [0.25, 0.3) is 0 Å². The van der Waals surface area contributed by atoms with E-state index in [-0.39, 0.29) is 6.04 Å². The monoisotopic (exact) mass is 218 g/mol. The SMILES string of the molecule is CCCN(CC)C(=S)NC(C)COC. The molecule has 0 fully saturated rings. The molecule has 4 heteroatoms. The molecule has 0 aromatic rings. The second-order valence-corrected chi connectivity index (χ2v) is 3.77. The predicted octanol–water partition coefficient (Wildman–Crippen LogP) is 1.63. The molecule has 84 valence electrons. The third kappa shape index (κ3) is 5.40. The Bertz CT molecular complexity index is 164. The van der Waals surface area contributed by atoms with Crippen molar-refractivity contribution in [3.05, 3.63) is 0 Å². The van der Waals surface area contributed by atoms with Crippen LogP contribution in [-0.4, -0.2) is 42.9 Å². The summed E-state index contributed by atoms with van der Waals surface area (Å²) < 4.78 is 5.04. The fourth-order valence-electron chi connectivity index (χ4n) is 1.27. The summed E-state index contributed by atoms with van der Waals surface area (Å²) >= 11 is 5.29. The van der Waals surface area contributed by atoms with E-state index in [0.717, 1.165) is 24.6 Å². The zero-order valence-corrected chi connectivity index (χ0v) is 10.5. The van der Waals surface area contributed by atoms with Gasteiger partial charge in [-0.15, -0.1) is 0 Å². The number of methoxy groups -OCH3 is 1. The molecular formula is C10H22N2OS. The third-order valence-electron chi connectivity index (χ3n) is 1.95. The molecule has 14 heavy (non-hydrogen) atoms. The Balaban J connectivity index is 3.90. The van der Waals surface area contributed by atoms with E-state index < -0.39 is 0 Å². The minimum atomic E-state index is 0.276. The molecule has 0 radical (unpaired) electrons. The lowest BCUT2D eigenvalue weighted by atomic mass is 10.3. The molecule has 1 atom stereocenters. The summed E-state index contributed by atoms with van der Waals surface area (Å²) in [5.74, 6) is 0. The van der Waals surface area contributed by atoms with Crippen molar-refractivity contribution in [2.45, 2.75) is 33.2 Å². The average molecular weight is 218 g/mol. The summed E-state index contributed by atoms with van der Waals surface area (Å²) in [6.45, 7) is 9.00. The molecule has 1 N–H and O–H groups in total. The summed E-state index contributed by atoms with van der Waals surface area (Å²) in [7, 11) is 1.70. The van der Waals surface area contributed by atoms with Crippen molar-refractivity contribution in [3.8, 4) is 0 Å². The minimum absolute atomic E-state index is 0.276. The fourth-order valence-corrected chi connectivity index (χ4v) is 1.69. The van der Waals surface area contributed by atoms with Gasteiger partial charge in [-0.25, -0.2) is 0 Å². The van der Waals surface area contributed by atoms with Gasteiger partial charge in [-0.1, -0.05) is 6.92 Å². The quantitative estimate of drug-likeness (QED) is 0.685. The lowest BCUT2D eigenvalue weighted by Crippen LogP contribution is -2.45. The Labute approximate surface area is 92.8 Å². The summed E-state index contributed by atoms with van der Waals surface area (Å²) in [6, 6.07) is 0.276. The van der Waals surface area contributed by atoms with Crippen LogP contribution in [0.5, 0.6) is 0 Å². The van der Waals surface area contributed by atoms with Crippen molar-refractivity contribution in [2.75, 3.05) is 26.8 Å². The maximum absolute atomic E-state index is 5.29. The van der Waals surface area contributed by atoms with Gasteiger partial charge >= 0.3 is 0 Å². The summed E-state index contributed by atoms with van der Waals surface area (Å²) in [6.07, 6.45) is 1.12. The van der Waals surface area contributed by atoms with E-state index in [1.807, 2.05) is 0 Å². The topological polar surface area (TPSA) is 24.5 Å². The number of thiocarbonyl (C=S) groups is 1. The molecule has 0 bridgehead atoms. The highest BCUT2D eigenvalue weighted by molar-refractivity contribution is 7.80. The van der Waals surface area contributed by atoms with Gasteiger partial charge in [-0.2, -0.15) is 0 Å². The van der Waals surface area contributed by atoms with E-state index in [1.54, 1.807) is 7.11 Å². The summed E-state index contributed by atoms with van der Waals surface area (Å²) in [5.41, 5.74) is 0. The van der Waals surface area contributed by atoms with Gasteiger partial charge in [-0.05, 0) is 32.5 Å². The number of nitrogens with zero attached hydrogens (tertiary/aromatic N) is 1. The van der Waals surface area contributed by atoms with Crippen LogP contribution >= 0.6 is 12.2 Å². The standard InChI is InChI=1S/C10H22N2OS/c1-5-7-12(6-2)10(14)11-9(3)8-13-4/h9H,5-8H2,1-4H3,(H,11,14). The molecule has 0 heterocycles. The highest BCUT2D eigenvalue weighted by Crippen LogP contribution is 1.94. The average Bonchev–Trinajstić information content (AvgIpc) is 2.14. The van der Waals surface area contributed by atoms with Gasteiger partial charge in [-0.3, -0.25) is 0 Å². The Morgan fingerprint density at radius 3 is 2.57 bits per heavy atom. The molecule has 0 spiro atoms. The van der Waals surface area contributed by atoms with Crippen LogP contribution in [0.3, 0.4) is 0 Å². The first kappa shape index (κ1) is 13.7. The third-order valence-corrected chi connectivity index (χ3v) is 2.33. The molecule has 0 saturated carbocycles. The lowest BCUT2D eigenvalue weighted by molar-refractivity contribution is 0.178. The fraction of sp³-hybridized carbons (Fsp3) is 0.900. The van der Waals surface area contributed by atoms with Crippen LogP contribution < -0.4 is 5.32 Å². The Morgan fingerprint density at radius 1 is 1.50 bits per heavy atom. The Hall–Kier alpha value is -0.350. The van der Waals surface area contributed by atoms with Gasteiger partial charge in [0.05, 0.1) is 6.61 Å². The van der Waals surface area contributed by atoms with Gasteiger partial charge < -0.3 is 15.0 Å². The molecular weight excluding hydrogens is 196 g/mol. The van der Waals surface area contributed by atoms with Crippen LogP contribution in [0.1, 0.15) is 27.2 Å². The first-order valence-electron chi connectivity index (χ1n) is 5.20. The normalized spacial score (nSPS) is 12.3. The number of nitrogens with one attached hydrogen (secondary N) is 1. The van der Waals surface area contributed by atoms with Crippen molar-refractivity contribution in [1.29, 1.82) is 0 Å². The molecule has 0 aliphatic rings. The van der Waals surface area contributed by atoms with Gasteiger partial charge in [0.25, 0.3) is 0 Å². The first-order chi connectivity index (χ1) is 6.65. The molecule has 0 aromatic heterocycles. The summed E-state index contributed by atoms with van der Waals surface area (Å²) in [4.78, 5) is 2.17. The summed E-state index contributed by atoms with van der Waals surface area (Å²) in [5, 5.41) is 4.08. The molecule has 0 rings (SSSR count). The van der Waals surface area contributed by atoms with E-state index in [2.05, 4.69) is 31.0 Å². The van der Waals surface area contributed by atoms with Gasteiger partial charge in [0.1, 0.15) is 0 Å². The Kier molecular flexibility index (Phi) is 7.80. The van der Waals surface area contributed by atoms with Crippen molar-refractivity contribution in [1.82, 2.24) is 10.2 Å². The van der Waals surface area contributed by atoms with Crippen LogP contribution in [0.15, 0.2) is 0 Å². The van der Waals surface area contributed by atoms with E-state index >= 15 is 0 Å². The van der Waals surface area contributed by atoms with E-state index in [1.165, 1.54) is 0 Å². The molecule has 0 aliphatic carbocycles. The van der Waals surface area contributed by atoms with Gasteiger partial charge in [0, 0.05) is 26.2 Å². The number of ether oxygens (including phenoxy) is 1. The maximum atomic E-state index is 5.29. The lowest BCUT2D eigenvalue weighted by Gasteiger charge is -2.26. The highest BCUT2D eigenvalue weighted by atomic mass is 32.1. The van der Waals surface area contributed by atoms with Gasteiger partial charge in [0.2, 0.25) is 0 Å². The molecule has 0 amide bonds. The van der Waals surface area contributed by atoms with E-state index in [9.17, 15) is 0 Å². The molecule has 1 unspecified atom stereocenters. The maximum Gasteiger partial charge on any atom is 0.169 e. The molecule has 0 aromatic carbocycles.